The van der Waals surface area contributed by atoms with Crippen LogP contribution in [0.25, 0.3) is 0 Å². The van der Waals surface area contributed by atoms with Crippen LogP contribution >= 0.6 is 0 Å². The highest BCUT2D eigenvalue weighted by Gasteiger charge is 2.31. The fourth-order valence-electron chi connectivity index (χ4n) is 2.69. The van der Waals surface area contributed by atoms with E-state index in [0.717, 1.165) is 31.5 Å². The van der Waals surface area contributed by atoms with E-state index < -0.39 is 5.60 Å². The number of pyridine rings is 1. The molecular weight excluding hydrogens is 292 g/mol. The third-order valence-corrected chi connectivity index (χ3v) is 3.90. The molecular formula is C18H28N2O3. The van der Waals surface area contributed by atoms with Crippen LogP contribution in [0.15, 0.2) is 24.4 Å². The number of aromatic nitrogens is 1. The van der Waals surface area contributed by atoms with Gasteiger partial charge in [-0.15, -0.1) is 0 Å². The predicted octanol–water partition coefficient (Wildman–Crippen LogP) is 3.95. The number of carbonyl (C=O) groups excluding carboxylic acids is 1. The third kappa shape index (κ3) is 5.50. The summed E-state index contributed by atoms with van der Waals surface area (Å²) in [6.45, 7) is 8.91. The van der Waals surface area contributed by atoms with E-state index in [-0.39, 0.29) is 18.2 Å². The van der Waals surface area contributed by atoms with Crippen molar-refractivity contribution >= 4 is 6.09 Å². The number of hydrogen-bond acceptors (Lipinski definition) is 4. The smallest absolute Gasteiger partial charge is 0.410 e. The van der Waals surface area contributed by atoms with E-state index in [1.807, 2.05) is 50.8 Å². The predicted molar refractivity (Wildman–Crippen MR) is 89.2 cm³/mol. The van der Waals surface area contributed by atoms with Gasteiger partial charge in [-0.05, 0) is 59.1 Å². The monoisotopic (exact) mass is 320 g/mol. The molecule has 0 N–H and O–H groups in total. The van der Waals surface area contributed by atoms with Crippen molar-refractivity contribution in [3.05, 3.63) is 30.1 Å². The van der Waals surface area contributed by atoms with Crippen LogP contribution in [0, 0.1) is 0 Å². The van der Waals surface area contributed by atoms with Crippen molar-refractivity contribution in [3.63, 3.8) is 0 Å². The van der Waals surface area contributed by atoms with Crippen molar-refractivity contribution in [1.82, 2.24) is 9.88 Å². The van der Waals surface area contributed by atoms with Gasteiger partial charge in [0.25, 0.3) is 0 Å². The lowest BCUT2D eigenvalue weighted by Gasteiger charge is -2.37. The molecule has 0 bridgehead atoms. The highest BCUT2D eigenvalue weighted by Crippen LogP contribution is 2.23. The summed E-state index contributed by atoms with van der Waals surface area (Å²) in [4.78, 5) is 18.5. The van der Waals surface area contributed by atoms with Gasteiger partial charge in [0.05, 0.1) is 24.4 Å². The molecule has 5 heteroatoms. The molecule has 1 aliphatic heterocycles. The molecule has 5 nitrogen and oxygen atoms in total. The fourth-order valence-corrected chi connectivity index (χ4v) is 2.69. The van der Waals surface area contributed by atoms with Crippen molar-refractivity contribution in [2.24, 2.45) is 0 Å². The summed E-state index contributed by atoms with van der Waals surface area (Å²) >= 11 is 0. The van der Waals surface area contributed by atoms with E-state index in [4.69, 9.17) is 9.47 Å². The van der Waals surface area contributed by atoms with Crippen LogP contribution < -0.4 is 0 Å². The van der Waals surface area contributed by atoms with Gasteiger partial charge >= 0.3 is 6.09 Å². The lowest BCUT2D eigenvalue weighted by Crippen LogP contribution is -2.48. The molecule has 0 unspecified atom stereocenters. The lowest BCUT2D eigenvalue weighted by atomic mass is 10.0. The molecule has 1 aliphatic rings. The van der Waals surface area contributed by atoms with E-state index in [9.17, 15) is 4.79 Å². The largest absolute Gasteiger partial charge is 0.444 e. The van der Waals surface area contributed by atoms with Crippen LogP contribution in [-0.4, -0.2) is 40.8 Å². The zero-order valence-corrected chi connectivity index (χ0v) is 14.6. The van der Waals surface area contributed by atoms with Gasteiger partial charge in [-0.1, -0.05) is 6.07 Å². The lowest BCUT2D eigenvalue weighted by molar-refractivity contribution is -0.0218. The van der Waals surface area contributed by atoms with Crippen LogP contribution in [0.2, 0.25) is 0 Å². The minimum atomic E-state index is -0.471. The Hall–Kier alpha value is -1.62. The van der Waals surface area contributed by atoms with Gasteiger partial charge in [-0.2, -0.15) is 0 Å². The molecule has 0 aliphatic carbocycles. The summed E-state index contributed by atoms with van der Waals surface area (Å²) < 4.78 is 11.5. The first-order valence-electron chi connectivity index (χ1n) is 8.39. The molecule has 0 saturated carbocycles. The number of ether oxygens (including phenoxy) is 2. The highest BCUT2D eigenvalue weighted by molar-refractivity contribution is 5.68. The molecule has 1 aromatic heterocycles. The molecule has 2 rings (SSSR count). The average Bonchev–Trinajstić information content (AvgIpc) is 2.52. The van der Waals surface area contributed by atoms with E-state index >= 15 is 0 Å². The molecule has 1 amide bonds. The minimum absolute atomic E-state index is 0.0739. The number of amides is 1. The number of likely N-dealkylation sites (tertiary alicyclic amines) is 1. The van der Waals surface area contributed by atoms with Gasteiger partial charge in [0, 0.05) is 12.7 Å². The number of carbonyl (C=O) groups is 1. The van der Waals surface area contributed by atoms with Gasteiger partial charge in [-0.25, -0.2) is 4.79 Å². The van der Waals surface area contributed by atoms with Gasteiger partial charge < -0.3 is 14.4 Å². The van der Waals surface area contributed by atoms with Crippen LogP contribution in [0.5, 0.6) is 0 Å². The molecule has 0 radical (unpaired) electrons. The Labute approximate surface area is 139 Å². The maximum atomic E-state index is 12.4. The number of nitrogens with zero attached hydrogens (tertiary/aromatic N) is 2. The zero-order valence-electron chi connectivity index (χ0n) is 14.6. The normalized spacial score (nSPS) is 20.2. The van der Waals surface area contributed by atoms with Gasteiger partial charge in [0.1, 0.15) is 5.60 Å². The third-order valence-electron chi connectivity index (χ3n) is 3.90. The quantitative estimate of drug-likeness (QED) is 0.843. The molecule has 2 atom stereocenters. The molecule has 128 valence electrons. The second kappa shape index (κ2) is 7.77. The Morgan fingerprint density at radius 1 is 1.39 bits per heavy atom. The summed E-state index contributed by atoms with van der Waals surface area (Å²) in [5, 5.41) is 0. The SMILES string of the molecule is C[C@H](OC[C@@H]1CCCCN1C(=O)OC(C)(C)C)c1ccccn1. The second-order valence-electron chi connectivity index (χ2n) is 7.05. The first-order valence-corrected chi connectivity index (χ1v) is 8.39. The van der Waals surface area contributed by atoms with Gasteiger partial charge in [0.2, 0.25) is 0 Å². The van der Waals surface area contributed by atoms with Crippen LogP contribution in [0.1, 0.15) is 58.8 Å². The highest BCUT2D eigenvalue weighted by atomic mass is 16.6. The summed E-state index contributed by atoms with van der Waals surface area (Å²) in [7, 11) is 0. The average molecular weight is 320 g/mol. The standard InChI is InChI=1S/C18H28N2O3/c1-14(16-10-5-7-11-19-16)22-13-15-9-6-8-12-20(15)17(21)23-18(2,3)4/h5,7,10-11,14-15H,6,8-9,12-13H2,1-4H3/t14-,15-/m0/s1. The molecule has 0 spiro atoms. The van der Waals surface area contributed by atoms with Crippen LogP contribution in [-0.2, 0) is 9.47 Å². The van der Waals surface area contributed by atoms with E-state index in [0.29, 0.717) is 6.61 Å². The van der Waals surface area contributed by atoms with Crippen molar-refractivity contribution in [1.29, 1.82) is 0 Å². The van der Waals surface area contributed by atoms with E-state index in [1.165, 1.54) is 0 Å². The van der Waals surface area contributed by atoms with Gasteiger partial charge in [-0.3, -0.25) is 4.98 Å². The van der Waals surface area contributed by atoms with E-state index in [2.05, 4.69) is 4.98 Å². The topological polar surface area (TPSA) is 51.7 Å². The maximum absolute atomic E-state index is 12.4. The fraction of sp³-hybridized carbons (Fsp3) is 0.667. The molecule has 0 aromatic carbocycles. The Kier molecular flexibility index (Phi) is 5.99. The van der Waals surface area contributed by atoms with Crippen molar-refractivity contribution in [2.75, 3.05) is 13.2 Å². The molecule has 2 heterocycles. The second-order valence-corrected chi connectivity index (χ2v) is 7.05. The molecule has 1 fully saturated rings. The zero-order chi connectivity index (χ0) is 16.9. The molecule has 1 aromatic rings. The van der Waals surface area contributed by atoms with Crippen LogP contribution in [0.4, 0.5) is 4.79 Å². The Morgan fingerprint density at radius 3 is 2.83 bits per heavy atom. The summed E-state index contributed by atoms with van der Waals surface area (Å²) in [5.74, 6) is 0. The number of rotatable bonds is 4. The number of piperidine rings is 1. The minimum Gasteiger partial charge on any atom is -0.444 e. The van der Waals surface area contributed by atoms with Crippen molar-refractivity contribution < 1.29 is 14.3 Å². The van der Waals surface area contributed by atoms with Crippen LogP contribution in [0.3, 0.4) is 0 Å². The maximum Gasteiger partial charge on any atom is 0.410 e. The van der Waals surface area contributed by atoms with E-state index in [1.54, 1.807) is 6.20 Å². The molecule has 1 saturated heterocycles. The van der Waals surface area contributed by atoms with Crippen molar-refractivity contribution in [2.45, 2.75) is 64.7 Å². The summed E-state index contributed by atoms with van der Waals surface area (Å²) in [6, 6.07) is 5.87. The van der Waals surface area contributed by atoms with Gasteiger partial charge in [0.15, 0.2) is 0 Å². The Balaban J connectivity index is 1.92. The Bertz CT molecular complexity index is 499. The summed E-state index contributed by atoms with van der Waals surface area (Å²) in [5.41, 5.74) is 0.438. The van der Waals surface area contributed by atoms with Crippen molar-refractivity contribution in [3.8, 4) is 0 Å². The Morgan fingerprint density at radius 2 is 2.17 bits per heavy atom. The number of hydrogen-bond donors (Lipinski definition) is 0. The first kappa shape index (κ1) is 17.7. The molecule has 23 heavy (non-hydrogen) atoms. The summed E-state index contributed by atoms with van der Waals surface area (Å²) in [6.07, 6.45) is 4.53. The first-order chi connectivity index (χ1) is 10.9.